The van der Waals surface area contributed by atoms with Gasteiger partial charge in [0, 0.05) is 38.6 Å². The van der Waals surface area contributed by atoms with Crippen LogP contribution in [0.2, 0.25) is 0 Å². The van der Waals surface area contributed by atoms with Crippen molar-refractivity contribution < 1.29 is 9.18 Å². The quantitative estimate of drug-likeness (QED) is 0.697. The third-order valence-corrected chi connectivity index (χ3v) is 4.03. The first-order valence-corrected chi connectivity index (χ1v) is 8.68. The minimum absolute atomic E-state index is 0.120. The summed E-state index contributed by atoms with van der Waals surface area (Å²) in [6, 6.07) is 5.51. The smallest absolute Gasteiger partial charge is 0.270 e. The highest BCUT2D eigenvalue weighted by atomic mass is 19.1. The predicted molar refractivity (Wildman–Crippen MR) is 96.0 cm³/mol. The number of carbonyl (C=O) groups is 1. The first-order valence-electron chi connectivity index (χ1n) is 8.68. The molecular weight excluding hydrogens is 351 g/mol. The first-order chi connectivity index (χ1) is 13.0. The second kappa shape index (κ2) is 8.58. The molecule has 2 aromatic rings. The molecule has 1 aliphatic rings. The van der Waals surface area contributed by atoms with Gasteiger partial charge < -0.3 is 5.32 Å². The molecule has 0 saturated carbocycles. The molecule has 2 aromatic heterocycles. The molecule has 3 heterocycles. The molecule has 0 bridgehead atoms. The van der Waals surface area contributed by atoms with Gasteiger partial charge in [-0.15, -0.1) is 10.6 Å². The lowest BCUT2D eigenvalue weighted by Gasteiger charge is -2.21. The molecular formula is C17H23FN8O. The van der Waals surface area contributed by atoms with Crippen LogP contribution in [0.5, 0.6) is 0 Å². The van der Waals surface area contributed by atoms with Crippen LogP contribution >= 0.6 is 0 Å². The van der Waals surface area contributed by atoms with Crippen molar-refractivity contribution in [2.24, 2.45) is 0 Å². The number of nitrogens with zero attached hydrogens (tertiary/aromatic N) is 6. The second-order valence-corrected chi connectivity index (χ2v) is 6.34. The van der Waals surface area contributed by atoms with Crippen LogP contribution in [-0.2, 0) is 17.9 Å². The van der Waals surface area contributed by atoms with E-state index in [9.17, 15) is 9.18 Å². The van der Waals surface area contributed by atoms with E-state index in [0.29, 0.717) is 25.2 Å². The summed E-state index contributed by atoms with van der Waals surface area (Å²) in [6.07, 6.45) is 4.27. The summed E-state index contributed by atoms with van der Waals surface area (Å²) in [5, 5.41) is 13.7. The summed E-state index contributed by atoms with van der Waals surface area (Å²) in [6.45, 7) is 2.74. The minimum atomic E-state index is -1.08. The number of amides is 1. The fourth-order valence-electron chi connectivity index (χ4n) is 2.66. The summed E-state index contributed by atoms with van der Waals surface area (Å²) in [5.41, 5.74) is 4.92. The third-order valence-electron chi connectivity index (χ3n) is 4.03. The van der Waals surface area contributed by atoms with Gasteiger partial charge in [0.05, 0.1) is 24.5 Å². The van der Waals surface area contributed by atoms with E-state index in [2.05, 4.69) is 26.1 Å². The number of pyridine rings is 1. The van der Waals surface area contributed by atoms with Crippen molar-refractivity contribution in [1.29, 1.82) is 0 Å². The number of halogens is 1. The van der Waals surface area contributed by atoms with Crippen LogP contribution < -0.4 is 10.9 Å². The lowest BCUT2D eigenvalue weighted by molar-refractivity contribution is -0.119. The molecule has 0 fully saturated rings. The molecule has 0 spiro atoms. The Hall–Kier alpha value is -3.01. The van der Waals surface area contributed by atoms with Crippen molar-refractivity contribution in [2.45, 2.75) is 32.6 Å². The highest BCUT2D eigenvalue weighted by molar-refractivity contribution is 5.92. The van der Waals surface area contributed by atoms with Crippen LogP contribution in [0.15, 0.2) is 42.5 Å². The van der Waals surface area contributed by atoms with Gasteiger partial charge >= 0.3 is 0 Å². The molecule has 0 aliphatic carbocycles. The number of rotatable bonds is 8. The van der Waals surface area contributed by atoms with E-state index in [1.54, 1.807) is 40.3 Å². The van der Waals surface area contributed by atoms with Gasteiger partial charge in [0.1, 0.15) is 11.9 Å². The van der Waals surface area contributed by atoms with Crippen molar-refractivity contribution in [3.63, 3.8) is 0 Å². The molecule has 1 unspecified atom stereocenters. The molecule has 0 radical (unpaired) electrons. The Morgan fingerprint density at radius 3 is 2.96 bits per heavy atom. The normalized spacial score (nSPS) is 15.0. The molecule has 3 rings (SSSR count). The van der Waals surface area contributed by atoms with Gasteiger partial charge in [0.15, 0.2) is 0 Å². The molecule has 0 aromatic carbocycles. The van der Waals surface area contributed by atoms with Crippen LogP contribution in [0.4, 0.5) is 4.39 Å². The average Bonchev–Trinajstić information content (AvgIpc) is 3.24. The van der Waals surface area contributed by atoms with Gasteiger partial charge in [-0.05, 0) is 19.1 Å². The van der Waals surface area contributed by atoms with Gasteiger partial charge in [-0.3, -0.25) is 24.5 Å². The lowest BCUT2D eigenvalue weighted by Crippen LogP contribution is -2.42. The fraction of sp³-hybridized carbons (Fsp3) is 0.412. The SMILES string of the molecule is Cc1cn(CCC(F)CN2C=C(C(=O)NCc3ccccn3)N(C)N2)nn1. The Kier molecular flexibility index (Phi) is 5.97. The van der Waals surface area contributed by atoms with E-state index < -0.39 is 6.17 Å². The van der Waals surface area contributed by atoms with Crippen molar-refractivity contribution >= 4 is 5.91 Å². The van der Waals surface area contributed by atoms with Gasteiger partial charge in [0.2, 0.25) is 0 Å². The molecule has 144 valence electrons. The Morgan fingerprint density at radius 1 is 1.41 bits per heavy atom. The van der Waals surface area contributed by atoms with Gasteiger partial charge in [-0.2, -0.15) is 0 Å². The summed E-state index contributed by atoms with van der Waals surface area (Å²) in [7, 11) is 1.71. The lowest BCUT2D eigenvalue weighted by atomic mass is 10.2. The molecule has 1 atom stereocenters. The number of nitrogens with one attached hydrogen (secondary N) is 2. The number of alkyl halides is 1. The Morgan fingerprint density at radius 2 is 2.26 bits per heavy atom. The van der Waals surface area contributed by atoms with Gasteiger partial charge in [0.25, 0.3) is 5.91 Å². The maximum absolute atomic E-state index is 14.3. The molecule has 9 nitrogen and oxygen atoms in total. The predicted octanol–water partition coefficient (Wildman–Crippen LogP) is 0.535. The summed E-state index contributed by atoms with van der Waals surface area (Å²) >= 11 is 0. The average molecular weight is 374 g/mol. The standard InChI is InChI=1S/C17H23FN8O/c1-13-10-25(22-21-13)8-6-14(18)11-26-12-16(24(2)23-26)17(27)20-9-15-5-3-4-7-19-15/h3-5,7,10,12,14,23H,6,8-9,11H2,1-2H3,(H,20,27). The molecule has 1 amide bonds. The Bertz CT molecular complexity index is 793. The molecule has 10 heteroatoms. The molecule has 1 aliphatic heterocycles. The zero-order chi connectivity index (χ0) is 19.2. The third kappa shape index (κ3) is 5.23. The Balaban J connectivity index is 1.47. The fourth-order valence-corrected chi connectivity index (χ4v) is 2.66. The monoisotopic (exact) mass is 374 g/mol. The number of hydrogen-bond acceptors (Lipinski definition) is 7. The number of aromatic nitrogens is 4. The molecule has 2 N–H and O–H groups in total. The van der Waals surface area contributed by atoms with Crippen LogP contribution in [0.25, 0.3) is 0 Å². The van der Waals surface area contributed by atoms with E-state index >= 15 is 0 Å². The zero-order valence-corrected chi connectivity index (χ0v) is 15.3. The number of hydrogen-bond donors (Lipinski definition) is 2. The van der Waals surface area contributed by atoms with Crippen LogP contribution in [0, 0.1) is 6.92 Å². The minimum Gasteiger partial charge on any atom is -0.345 e. The Labute approximate surface area is 156 Å². The summed E-state index contributed by atoms with van der Waals surface area (Å²) in [5.74, 6) is -0.258. The first kappa shape index (κ1) is 18.8. The van der Waals surface area contributed by atoms with E-state index in [-0.39, 0.29) is 12.5 Å². The van der Waals surface area contributed by atoms with Crippen LogP contribution in [-0.4, -0.2) is 55.7 Å². The summed E-state index contributed by atoms with van der Waals surface area (Å²) in [4.78, 5) is 16.5. The second-order valence-electron chi connectivity index (χ2n) is 6.34. The number of hydrazine groups is 2. The van der Waals surface area contributed by atoms with E-state index in [1.807, 2.05) is 25.1 Å². The number of carbonyl (C=O) groups excluding carboxylic acids is 1. The van der Waals surface area contributed by atoms with E-state index in [1.165, 1.54) is 0 Å². The van der Waals surface area contributed by atoms with Crippen molar-refractivity contribution in [3.05, 3.63) is 53.9 Å². The highest BCUT2D eigenvalue weighted by Crippen LogP contribution is 2.12. The summed E-state index contributed by atoms with van der Waals surface area (Å²) < 4.78 is 15.9. The van der Waals surface area contributed by atoms with Crippen molar-refractivity contribution in [3.8, 4) is 0 Å². The maximum atomic E-state index is 14.3. The van der Waals surface area contributed by atoms with Crippen LogP contribution in [0.3, 0.4) is 0 Å². The largest absolute Gasteiger partial charge is 0.345 e. The molecule has 0 saturated heterocycles. The zero-order valence-electron chi connectivity index (χ0n) is 15.3. The molecule has 27 heavy (non-hydrogen) atoms. The van der Waals surface area contributed by atoms with Crippen LogP contribution in [0.1, 0.15) is 17.8 Å². The number of likely N-dealkylation sites (N-methyl/N-ethyl adjacent to an activating group) is 1. The number of aryl methyl sites for hydroxylation is 2. The van der Waals surface area contributed by atoms with Crippen molar-refractivity contribution in [2.75, 3.05) is 13.6 Å². The van der Waals surface area contributed by atoms with Crippen molar-refractivity contribution in [1.82, 2.24) is 40.8 Å². The van der Waals surface area contributed by atoms with Gasteiger partial charge in [-0.1, -0.05) is 11.3 Å². The van der Waals surface area contributed by atoms with Gasteiger partial charge in [-0.25, -0.2) is 4.39 Å². The highest BCUT2D eigenvalue weighted by Gasteiger charge is 2.24. The maximum Gasteiger partial charge on any atom is 0.270 e. The topological polar surface area (TPSA) is 91.2 Å². The van der Waals surface area contributed by atoms with E-state index in [4.69, 9.17) is 0 Å². The van der Waals surface area contributed by atoms with E-state index in [0.717, 1.165) is 11.4 Å².